The van der Waals surface area contributed by atoms with E-state index in [1.54, 1.807) is 0 Å². The number of rotatable bonds is 3. The molecule has 0 saturated heterocycles. The Labute approximate surface area is 165 Å². The first-order valence-corrected chi connectivity index (χ1v) is 8.12. The van der Waals surface area contributed by atoms with Gasteiger partial charge in [0.25, 0.3) is 0 Å². The number of aliphatic hydroxyl groups excluding tert-OH is 1. The summed E-state index contributed by atoms with van der Waals surface area (Å²) in [4.78, 5) is -0.370. The van der Waals surface area contributed by atoms with Crippen LogP contribution in [0.1, 0.15) is 17.2 Å². The molecular formula is C13H8Cl3NaO4S. The number of hydrogen-bond donors (Lipinski definition) is 1. The molecule has 1 N–H and O–H groups in total. The monoisotopic (exact) mass is 388 g/mol. The smallest absolute Gasteiger partial charge is 0.744 e. The molecule has 112 valence electrons. The average Bonchev–Trinajstić information content (AvgIpc) is 2.42. The van der Waals surface area contributed by atoms with Gasteiger partial charge in [-0.2, -0.15) is 0 Å². The van der Waals surface area contributed by atoms with Crippen LogP contribution in [0.3, 0.4) is 0 Å². The van der Waals surface area contributed by atoms with Gasteiger partial charge in [0.15, 0.2) is 0 Å². The third-order valence-corrected chi connectivity index (χ3v) is 4.85. The minimum Gasteiger partial charge on any atom is -0.744 e. The topological polar surface area (TPSA) is 77.4 Å². The minimum atomic E-state index is -4.52. The van der Waals surface area contributed by atoms with Crippen molar-refractivity contribution in [2.75, 3.05) is 0 Å². The predicted octanol–water partition coefficient (Wildman–Crippen LogP) is 0.637. The summed E-state index contributed by atoms with van der Waals surface area (Å²) in [5.74, 6) is 0. The predicted molar refractivity (Wildman–Crippen MR) is 79.9 cm³/mol. The summed E-state index contributed by atoms with van der Waals surface area (Å²) in [6.45, 7) is 0. The van der Waals surface area contributed by atoms with Gasteiger partial charge in [0.1, 0.15) is 16.2 Å². The number of aliphatic hydroxyl groups is 1. The molecule has 0 aliphatic rings. The summed E-state index contributed by atoms with van der Waals surface area (Å²) < 4.78 is 32.5. The van der Waals surface area contributed by atoms with Crippen molar-refractivity contribution in [3.8, 4) is 0 Å². The van der Waals surface area contributed by atoms with E-state index < -0.39 is 16.2 Å². The summed E-state index contributed by atoms with van der Waals surface area (Å²) in [6, 6.07) is 7.84. The van der Waals surface area contributed by atoms with E-state index in [0.717, 1.165) is 12.1 Å². The van der Waals surface area contributed by atoms with E-state index >= 15 is 0 Å². The summed E-state index contributed by atoms with van der Waals surface area (Å²) in [6.07, 6.45) is -1.08. The van der Waals surface area contributed by atoms with Crippen molar-refractivity contribution in [1.29, 1.82) is 0 Å². The van der Waals surface area contributed by atoms with Crippen molar-refractivity contribution in [2.45, 2.75) is 11.0 Å². The maximum absolute atomic E-state index is 10.8. The van der Waals surface area contributed by atoms with Crippen molar-refractivity contribution in [2.24, 2.45) is 0 Å². The second kappa shape index (κ2) is 7.83. The van der Waals surface area contributed by atoms with E-state index in [9.17, 15) is 18.1 Å². The Kier molecular flexibility index (Phi) is 7.20. The van der Waals surface area contributed by atoms with Gasteiger partial charge < -0.3 is 9.66 Å². The van der Waals surface area contributed by atoms with E-state index in [0.29, 0.717) is 11.1 Å². The molecule has 2 aromatic rings. The SMILES string of the molecule is O=S(=O)([O-])c1ccc(C(O)c2cc(Cl)c(Cl)c(Cl)c2)cc1.[Na+]. The van der Waals surface area contributed by atoms with E-state index in [2.05, 4.69) is 0 Å². The Morgan fingerprint density at radius 2 is 1.41 bits per heavy atom. The van der Waals surface area contributed by atoms with Gasteiger partial charge in [0, 0.05) is 0 Å². The Hall–Kier alpha value is 0.180. The maximum atomic E-state index is 10.8. The first kappa shape index (κ1) is 20.2. The van der Waals surface area contributed by atoms with Crippen LogP contribution in [0.25, 0.3) is 0 Å². The van der Waals surface area contributed by atoms with Crippen molar-refractivity contribution in [1.82, 2.24) is 0 Å². The molecule has 0 aliphatic carbocycles. The molecule has 22 heavy (non-hydrogen) atoms. The molecule has 0 spiro atoms. The van der Waals surface area contributed by atoms with Gasteiger partial charge in [-0.05, 0) is 35.4 Å². The molecule has 0 amide bonds. The molecule has 0 bridgehead atoms. The first-order chi connectivity index (χ1) is 9.70. The zero-order chi connectivity index (χ0) is 15.8. The average molecular weight is 390 g/mol. The van der Waals surface area contributed by atoms with Crippen LogP contribution in [0.5, 0.6) is 0 Å². The minimum absolute atomic E-state index is 0. The van der Waals surface area contributed by atoms with Crippen LogP contribution in [0, 0.1) is 0 Å². The summed E-state index contributed by atoms with van der Waals surface area (Å²) >= 11 is 17.6. The molecule has 9 heteroatoms. The Morgan fingerprint density at radius 1 is 0.955 bits per heavy atom. The second-order valence-corrected chi connectivity index (χ2v) is 6.80. The normalized spacial score (nSPS) is 12.6. The quantitative estimate of drug-likeness (QED) is 0.475. The summed E-state index contributed by atoms with van der Waals surface area (Å²) in [5.41, 5.74) is 0.781. The fraction of sp³-hybridized carbons (Fsp3) is 0.0769. The van der Waals surface area contributed by atoms with Crippen LogP contribution in [-0.2, 0) is 10.1 Å². The molecule has 4 nitrogen and oxygen atoms in total. The van der Waals surface area contributed by atoms with Crippen molar-refractivity contribution in [3.63, 3.8) is 0 Å². The van der Waals surface area contributed by atoms with Crippen molar-refractivity contribution in [3.05, 3.63) is 62.6 Å². The van der Waals surface area contributed by atoms with Crippen LogP contribution in [0.15, 0.2) is 41.3 Å². The maximum Gasteiger partial charge on any atom is 1.00 e. The molecule has 1 unspecified atom stereocenters. The molecule has 2 rings (SSSR count). The van der Waals surface area contributed by atoms with Crippen LogP contribution in [0.2, 0.25) is 15.1 Å². The standard InChI is InChI=1S/C13H9Cl3O4S.Na/c14-10-5-8(6-11(15)12(10)16)13(17)7-1-3-9(4-2-7)21(18,19)20;/h1-6,13,17H,(H,18,19,20);/q;+1/p-1. The van der Waals surface area contributed by atoms with Crippen LogP contribution < -0.4 is 29.6 Å². The molecule has 0 heterocycles. The Bertz CT molecular complexity index is 755. The van der Waals surface area contributed by atoms with E-state index in [1.165, 1.54) is 24.3 Å². The zero-order valence-electron chi connectivity index (χ0n) is 11.3. The van der Waals surface area contributed by atoms with Gasteiger partial charge in [-0.25, -0.2) is 8.42 Å². The van der Waals surface area contributed by atoms with Crippen LogP contribution in [-0.4, -0.2) is 18.1 Å². The first-order valence-electron chi connectivity index (χ1n) is 5.58. The third-order valence-electron chi connectivity index (χ3n) is 2.81. The van der Waals surface area contributed by atoms with Gasteiger partial charge in [0.05, 0.1) is 20.0 Å². The van der Waals surface area contributed by atoms with Gasteiger partial charge >= 0.3 is 29.6 Å². The third kappa shape index (κ3) is 4.60. The molecule has 0 aromatic heterocycles. The Balaban J connectivity index is 0.00000242. The molecule has 0 radical (unpaired) electrons. The molecule has 0 aliphatic heterocycles. The van der Waals surface area contributed by atoms with Crippen LogP contribution >= 0.6 is 34.8 Å². The van der Waals surface area contributed by atoms with E-state index in [1.807, 2.05) is 0 Å². The van der Waals surface area contributed by atoms with Gasteiger partial charge in [-0.1, -0.05) is 46.9 Å². The number of halogens is 3. The van der Waals surface area contributed by atoms with Crippen molar-refractivity contribution >= 4 is 44.9 Å². The zero-order valence-corrected chi connectivity index (χ0v) is 16.3. The number of hydrogen-bond acceptors (Lipinski definition) is 4. The van der Waals surface area contributed by atoms with Gasteiger partial charge in [0.2, 0.25) is 0 Å². The fourth-order valence-electron chi connectivity index (χ4n) is 1.74. The fourth-order valence-corrected chi connectivity index (χ4v) is 2.82. The Morgan fingerprint density at radius 3 is 1.82 bits per heavy atom. The molecule has 2 aromatic carbocycles. The largest absolute Gasteiger partial charge is 1.00 e. The molecular weight excluding hydrogens is 382 g/mol. The van der Waals surface area contributed by atoms with E-state index in [-0.39, 0.29) is 49.5 Å². The molecule has 0 saturated carbocycles. The van der Waals surface area contributed by atoms with Gasteiger partial charge in [-0.3, -0.25) is 0 Å². The molecule has 1 atom stereocenters. The second-order valence-electron chi connectivity index (χ2n) is 4.22. The number of benzene rings is 2. The summed E-state index contributed by atoms with van der Waals surface area (Å²) in [5, 5.41) is 10.8. The van der Waals surface area contributed by atoms with Crippen LogP contribution in [0.4, 0.5) is 0 Å². The molecule has 0 fully saturated rings. The van der Waals surface area contributed by atoms with Gasteiger partial charge in [-0.15, -0.1) is 0 Å². The van der Waals surface area contributed by atoms with Crippen molar-refractivity contribution < 1.29 is 47.6 Å². The van der Waals surface area contributed by atoms with E-state index in [4.69, 9.17) is 34.8 Å². The summed E-state index contributed by atoms with van der Waals surface area (Å²) in [7, 11) is -4.52.